The smallest absolute Gasteiger partial charge is 0.407 e. The van der Waals surface area contributed by atoms with Gasteiger partial charge in [-0.25, -0.2) is 4.79 Å². The fourth-order valence-corrected chi connectivity index (χ4v) is 1.92. The molecule has 2 aromatic rings. The predicted molar refractivity (Wildman–Crippen MR) is 87.6 cm³/mol. The van der Waals surface area contributed by atoms with Crippen molar-refractivity contribution in [2.45, 2.75) is 0 Å². The van der Waals surface area contributed by atoms with E-state index < -0.39 is 6.09 Å². The third-order valence-electron chi connectivity index (χ3n) is 3.04. The van der Waals surface area contributed by atoms with Gasteiger partial charge < -0.3 is 19.9 Å². The average molecular weight is 313 g/mol. The Balaban J connectivity index is 1.75. The first-order valence-electron chi connectivity index (χ1n) is 7.24. The molecule has 0 aliphatic heterocycles. The number of nitrogens with one attached hydrogen (secondary N) is 2. The predicted octanol–water partition coefficient (Wildman–Crippen LogP) is 2.12. The number of rotatable bonds is 7. The average Bonchev–Trinajstić information content (AvgIpc) is 3.11. The van der Waals surface area contributed by atoms with Gasteiger partial charge in [-0.15, -0.1) is 0 Å². The molecule has 0 spiro atoms. The maximum Gasteiger partial charge on any atom is 0.407 e. The molecule has 0 saturated heterocycles. The molecule has 0 saturated carbocycles. The van der Waals surface area contributed by atoms with Crippen LogP contribution in [0.2, 0.25) is 0 Å². The maximum atomic E-state index is 12.0. The summed E-state index contributed by atoms with van der Waals surface area (Å²) in [6.07, 6.45) is 4.83. The van der Waals surface area contributed by atoms with Crippen molar-refractivity contribution in [3.8, 4) is 5.69 Å². The first kappa shape index (κ1) is 16.4. The van der Waals surface area contributed by atoms with E-state index in [4.69, 9.17) is 4.74 Å². The number of amides is 2. The van der Waals surface area contributed by atoms with Crippen LogP contribution in [0.25, 0.3) is 5.69 Å². The molecule has 120 valence electrons. The lowest BCUT2D eigenvalue weighted by Gasteiger charge is -2.08. The fourth-order valence-electron chi connectivity index (χ4n) is 1.92. The van der Waals surface area contributed by atoms with E-state index in [2.05, 4.69) is 17.2 Å². The highest BCUT2D eigenvalue weighted by atomic mass is 16.5. The highest BCUT2D eigenvalue weighted by Crippen LogP contribution is 2.09. The van der Waals surface area contributed by atoms with Crippen LogP contribution in [0.5, 0.6) is 0 Å². The highest BCUT2D eigenvalue weighted by molar-refractivity contribution is 5.94. The molecular formula is C17H19N3O3. The van der Waals surface area contributed by atoms with E-state index in [0.717, 1.165) is 5.69 Å². The molecule has 0 aliphatic carbocycles. The molecule has 2 rings (SSSR count). The molecule has 6 heteroatoms. The number of aromatic nitrogens is 1. The largest absolute Gasteiger partial charge is 0.445 e. The second-order valence-electron chi connectivity index (χ2n) is 4.71. The summed E-state index contributed by atoms with van der Waals surface area (Å²) in [5.41, 5.74) is 1.55. The second-order valence-corrected chi connectivity index (χ2v) is 4.71. The van der Waals surface area contributed by atoms with E-state index in [-0.39, 0.29) is 12.5 Å². The summed E-state index contributed by atoms with van der Waals surface area (Å²) in [6.45, 7) is 4.22. The molecule has 0 bridgehead atoms. The van der Waals surface area contributed by atoms with Crippen molar-refractivity contribution in [2.75, 3.05) is 19.7 Å². The first-order chi connectivity index (χ1) is 11.2. The summed E-state index contributed by atoms with van der Waals surface area (Å²) in [6, 6.07) is 11.1. The lowest BCUT2D eigenvalue weighted by atomic mass is 10.2. The van der Waals surface area contributed by atoms with Crippen LogP contribution in [-0.2, 0) is 4.74 Å². The molecule has 0 aliphatic rings. The molecule has 2 amide bonds. The monoisotopic (exact) mass is 313 g/mol. The number of carbonyl (C=O) groups is 2. The molecule has 1 aromatic heterocycles. The Labute approximate surface area is 134 Å². The Morgan fingerprint density at radius 3 is 2.39 bits per heavy atom. The summed E-state index contributed by atoms with van der Waals surface area (Å²) in [5, 5.41) is 5.25. The van der Waals surface area contributed by atoms with Gasteiger partial charge >= 0.3 is 6.09 Å². The number of carbonyl (C=O) groups excluding carboxylic acids is 2. The lowest BCUT2D eigenvalue weighted by molar-refractivity contribution is 0.0952. The zero-order valence-corrected chi connectivity index (χ0v) is 12.7. The first-order valence-corrected chi connectivity index (χ1v) is 7.24. The third-order valence-corrected chi connectivity index (χ3v) is 3.04. The van der Waals surface area contributed by atoms with E-state index >= 15 is 0 Å². The fraction of sp³-hybridized carbons (Fsp3) is 0.176. The standard InChI is InChI=1S/C17H19N3O3/c1-2-13-23-17(22)19-10-9-18-16(21)14-5-7-15(8-6-14)20-11-3-4-12-20/h2-8,11-12H,1,9-10,13H2,(H,18,21)(H,19,22). The van der Waals surface area contributed by atoms with Gasteiger partial charge in [0.15, 0.2) is 0 Å². The van der Waals surface area contributed by atoms with Crippen LogP contribution in [0, 0.1) is 0 Å². The van der Waals surface area contributed by atoms with Crippen molar-refractivity contribution in [3.63, 3.8) is 0 Å². The van der Waals surface area contributed by atoms with E-state index in [0.29, 0.717) is 18.7 Å². The van der Waals surface area contributed by atoms with E-state index in [1.807, 2.05) is 41.2 Å². The van der Waals surface area contributed by atoms with Gasteiger partial charge in [-0.3, -0.25) is 4.79 Å². The van der Waals surface area contributed by atoms with Crippen LogP contribution in [0.1, 0.15) is 10.4 Å². The summed E-state index contributed by atoms with van der Waals surface area (Å²) < 4.78 is 6.71. The lowest BCUT2D eigenvalue weighted by Crippen LogP contribution is -2.35. The van der Waals surface area contributed by atoms with Gasteiger partial charge in [-0.1, -0.05) is 12.7 Å². The summed E-state index contributed by atoms with van der Waals surface area (Å²) in [4.78, 5) is 23.2. The van der Waals surface area contributed by atoms with Crippen molar-refractivity contribution < 1.29 is 14.3 Å². The Hall–Kier alpha value is -3.02. The van der Waals surface area contributed by atoms with Gasteiger partial charge in [0.2, 0.25) is 0 Å². The summed E-state index contributed by atoms with van der Waals surface area (Å²) >= 11 is 0. The van der Waals surface area contributed by atoms with Crippen molar-refractivity contribution >= 4 is 12.0 Å². The molecule has 1 aromatic carbocycles. The minimum absolute atomic E-state index is 0.159. The van der Waals surface area contributed by atoms with Gasteiger partial charge in [0.1, 0.15) is 6.61 Å². The second kappa shape index (κ2) is 8.43. The normalized spacial score (nSPS) is 9.91. The summed E-state index contributed by atoms with van der Waals surface area (Å²) in [5.74, 6) is -0.190. The molecular weight excluding hydrogens is 294 g/mol. The molecule has 0 atom stereocenters. The topological polar surface area (TPSA) is 72.4 Å². The van der Waals surface area contributed by atoms with Crippen LogP contribution in [0.3, 0.4) is 0 Å². The Morgan fingerprint density at radius 2 is 1.74 bits per heavy atom. The minimum Gasteiger partial charge on any atom is -0.445 e. The van der Waals surface area contributed by atoms with Gasteiger partial charge in [0.05, 0.1) is 0 Å². The minimum atomic E-state index is -0.532. The SMILES string of the molecule is C=CCOC(=O)NCCNC(=O)c1ccc(-n2cccc2)cc1. The van der Waals surface area contributed by atoms with Crippen molar-refractivity contribution in [1.82, 2.24) is 15.2 Å². The summed E-state index contributed by atoms with van der Waals surface area (Å²) in [7, 11) is 0. The van der Waals surface area contributed by atoms with Crippen molar-refractivity contribution in [3.05, 3.63) is 67.0 Å². The Kier molecular flexibility index (Phi) is 5.99. The van der Waals surface area contributed by atoms with Gasteiger partial charge in [0.25, 0.3) is 5.91 Å². The molecule has 0 unspecified atom stereocenters. The quantitative estimate of drug-likeness (QED) is 0.607. The van der Waals surface area contributed by atoms with E-state index in [1.165, 1.54) is 6.08 Å². The molecule has 2 N–H and O–H groups in total. The van der Waals surface area contributed by atoms with Gasteiger partial charge in [0, 0.05) is 36.7 Å². The zero-order chi connectivity index (χ0) is 16.5. The number of benzene rings is 1. The van der Waals surface area contributed by atoms with Crippen LogP contribution in [0.15, 0.2) is 61.4 Å². The van der Waals surface area contributed by atoms with Crippen LogP contribution in [-0.4, -0.2) is 36.3 Å². The number of nitrogens with zero attached hydrogens (tertiary/aromatic N) is 1. The molecule has 0 fully saturated rings. The van der Waals surface area contributed by atoms with Crippen LogP contribution < -0.4 is 10.6 Å². The Bertz CT molecular complexity index is 648. The molecule has 6 nitrogen and oxygen atoms in total. The van der Waals surface area contributed by atoms with Crippen molar-refractivity contribution in [2.24, 2.45) is 0 Å². The zero-order valence-electron chi connectivity index (χ0n) is 12.7. The maximum absolute atomic E-state index is 12.0. The highest BCUT2D eigenvalue weighted by Gasteiger charge is 2.06. The Morgan fingerprint density at radius 1 is 1.09 bits per heavy atom. The third kappa shape index (κ3) is 5.03. The number of ether oxygens (including phenoxy) is 1. The number of alkyl carbamates (subject to hydrolysis) is 1. The van der Waals surface area contributed by atoms with Gasteiger partial charge in [-0.05, 0) is 36.4 Å². The van der Waals surface area contributed by atoms with Crippen LogP contribution >= 0.6 is 0 Å². The van der Waals surface area contributed by atoms with Crippen molar-refractivity contribution in [1.29, 1.82) is 0 Å². The van der Waals surface area contributed by atoms with Crippen LogP contribution in [0.4, 0.5) is 4.79 Å². The van der Waals surface area contributed by atoms with E-state index in [9.17, 15) is 9.59 Å². The molecule has 0 radical (unpaired) electrons. The van der Waals surface area contributed by atoms with Gasteiger partial charge in [-0.2, -0.15) is 0 Å². The molecule has 1 heterocycles. The molecule has 23 heavy (non-hydrogen) atoms. The van der Waals surface area contributed by atoms with E-state index in [1.54, 1.807) is 12.1 Å². The number of hydrogen-bond acceptors (Lipinski definition) is 3. The number of hydrogen-bond donors (Lipinski definition) is 2.